The lowest BCUT2D eigenvalue weighted by atomic mass is 10.3. The highest BCUT2D eigenvalue weighted by molar-refractivity contribution is 9.10. The van der Waals surface area contributed by atoms with Crippen molar-refractivity contribution < 1.29 is 14.6 Å². The molecule has 92 valence electrons. The van der Waals surface area contributed by atoms with Gasteiger partial charge in [-0.15, -0.1) is 0 Å². The summed E-state index contributed by atoms with van der Waals surface area (Å²) in [5.41, 5.74) is -0.230. The number of carbonyl (C=O) groups is 1. The number of carboxylic acid groups (broad SMARTS) is 1. The predicted octanol–water partition coefficient (Wildman–Crippen LogP) is 1.34. The van der Waals surface area contributed by atoms with Crippen LogP contribution in [0.25, 0.3) is 0 Å². The minimum absolute atomic E-state index is 0.0456. The van der Waals surface area contributed by atoms with Gasteiger partial charge in [0.1, 0.15) is 0 Å². The van der Waals surface area contributed by atoms with Crippen molar-refractivity contribution in [1.82, 2.24) is 4.57 Å². The minimum atomic E-state index is -0.787. The molecule has 5 nitrogen and oxygen atoms in total. The average molecular weight is 302 g/mol. The molecule has 1 aliphatic rings. The van der Waals surface area contributed by atoms with Gasteiger partial charge < -0.3 is 14.4 Å². The molecule has 0 amide bonds. The van der Waals surface area contributed by atoms with Crippen LogP contribution in [0.15, 0.2) is 21.5 Å². The number of carboxylic acids is 1. The van der Waals surface area contributed by atoms with E-state index in [9.17, 15) is 9.59 Å². The van der Waals surface area contributed by atoms with Gasteiger partial charge in [-0.1, -0.05) is 0 Å². The smallest absolute Gasteiger partial charge is 0.306 e. The van der Waals surface area contributed by atoms with Crippen LogP contribution in [0, 0.1) is 11.8 Å². The van der Waals surface area contributed by atoms with Crippen molar-refractivity contribution in [3.63, 3.8) is 0 Å². The molecule has 1 N–H and O–H groups in total. The van der Waals surface area contributed by atoms with Crippen LogP contribution in [0.5, 0.6) is 5.75 Å². The summed E-state index contributed by atoms with van der Waals surface area (Å²) in [4.78, 5) is 22.6. The molecule has 1 aromatic rings. The van der Waals surface area contributed by atoms with E-state index in [0.29, 0.717) is 13.0 Å². The van der Waals surface area contributed by atoms with Gasteiger partial charge in [0.2, 0.25) is 0 Å². The van der Waals surface area contributed by atoms with E-state index < -0.39 is 5.97 Å². The molecule has 2 atom stereocenters. The number of methoxy groups -OCH3 is 1. The maximum Gasteiger partial charge on any atom is 0.306 e. The SMILES string of the molecule is COc1cc(Br)cn(C[C@@H]2C[C@H]2C(=O)O)c1=O. The van der Waals surface area contributed by atoms with Gasteiger partial charge in [0.25, 0.3) is 5.56 Å². The van der Waals surface area contributed by atoms with E-state index in [1.54, 1.807) is 12.3 Å². The van der Waals surface area contributed by atoms with E-state index in [2.05, 4.69) is 15.9 Å². The topological polar surface area (TPSA) is 68.5 Å². The predicted molar refractivity (Wildman–Crippen MR) is 64.2 cm³/mol. The Morgan fingerprint density at radius 2 is 2.41 bits per heavy atom. The highest BCUT2D eigenvalue weighted by atomic mass is 79.9. The van der Waals surface area contributed by atoms with Gasteiger partial charge in [0, 0.05) is 23.3 Å². The molecule has 1 aliphatic carbocycles. The summed E-state index contributed by atoms with van der Waals surface area (Å²) in [5.74, 6) is -0.798. The highest BCUT2D eigenvalue weighted by Gasteiger charge is 2.43. The Morgan fingerprint density at radius 1 is 1.71 bits per heavy atom. The summed E-state index contributed by atoms with van der Waals surface area (Å²) in [6, 6.07) is 1.60. The van der Waals surface area contributed by atoms with Crippen molar-refractivity contribution in [3.05, 3.63) is 27.1 Å². The van der Waals surface area contributed by atoms with Gasteiger partial charge >= 0.3 is 5.97 Å². The number of hydrogen-bond donors (Lipinski definition) is 1. The third-order valence-electron chi connectivity index (χ3n) is 2.91. The van der Waals surface area contributed by atoms with Crippen molar-refractivity contribution in [2.75, 3.05) is 7.11 Å². The number of aliphatic carboxylic acids is 1. The molecule has 0 spiro atoms. The van der Waals surface area contributed by atoms with Crippen molar-refractivity contribution in [2.45, 2.75) is 13.0 Å². The zero-order valence-electron chi connectivity index (χ0n) is 9.22. The van der Waals surface area contributed by atoms with Gasteiger partial charge in [-0.25, -0.2) is 0 Å². The number of ether oxygens (including phenoxy) is 1. The van der Waals surface area contributed by atoms with Crippen LogP contribution in [0.1, 0.15) is 6.42 Å². The molecule has 0 bridgehead atoms. The molecule has 0 aromatic carbocycles. The number of rotatable bonds is 4. The van der Waals surface area contributed by atoms with Crippen LogP contribution in [-0.4, -0.2) is 22.8 Å². The lowest BCUT2D eigenvalue weighted by Gasteiger charge is -2.08. The average Bonchev–Trinajstić information content (AvgIpc) is 3.02. The Kier molecular flexibility index (Phi) is 3.24. The summed E-state index contributed by atoms with van der Waals surface area (Å²) in [5, 5.41) is 8.80. The second-order valence-electron chi connectivity index (χ2n) is 4.12. The number of halogens is 1. The van der Waals surface area contributed by atoms with E-state index >= 15 is 0 Å². The van der Waals surface area contributed by atoms with Gasteiger partial charge in [-0.05, 0) is 28.3 Å². The second kappa shape index (κ2) is 4.52. The number of nitrogens with zero attached hydrogens (tertiary/aromatic N) is 1. The second-order valence-corrected chi connectivity index (χ2v) is 5.04. The lowest BCUT2D eigenvalue weighted by molar-refractivity contribution is -0.138. The fourth-order valence-electron chi connectivity index (χ4n) is 1.86. The molecule has 1 fully saturated rings. The fraction of sp³-hybridized carbons (Fsp3) is 0.455. The quantitative estimate of drug-likeness (QED) is 0.911. The lowest BCUT2D eigenvalue weighted by Crippen LogP contribution is -2.22. The normalized spacial score (nSPS) is 22.2. The van der Waals surface area contributed by atoms with Crippen LogP contribution in [0.4, 0.5) is 0 Å². The first-order chi connectivity index (χ1) is 8.02. The number of hydrogen-bond acceptors (Lipinski definition) is 3. The minimum Gasteiger partial charge on any atom is -0.491 e. The summed E-state index contributed by atoms with van der Waals surface area (Å²) in [6.45, 7) is 0.422. The third kappa shape index (κ3) is 2.52. The van der Waals surface area contributed by atoms with Crippen molar-refractivity contribution in [3.8, 4) is 5.75 Å². The van der Waals surface area contributed by atoms with Gasteiger partial charge in [0.15, 0.2) is 5.75 Å². The van der Waals surface area contributed by atoms with Crippen LogP contribution < -0.4 is 10.3 Å². The van der Waals surface area contributed by atoms with Crippen LogP contribution >= 0.6 is 15.9 Å². The van der Waals surface area contributed by atoms with Crippen LogP contribution in [0.2, 0.25) is 0 Å². The first-order valence-corrected chi connectivity index (χ1v) is 5.99. The standard InChI is InChI=1S/C11H12BrNO4/c1-17-9-3-7(12)5-13(10(9)14)4-6-2-8(6)11(15)16/h3,5-6,8H,2,4H2,1H3,(H,15,16)/t6-,8+/m0/s1. The maximum absolute atomic E-state index is 11.9. The summed E-state index contributed by atoms with van der Waals surface area (Å²) < 4.78 is 7.20. The van der Waals surface area contributed by atoms with E-state index in [1.807, 2.05) is 0 Å². The van der Waals surface area contributed by atoms with Crippen molar-refractivity contribution in [2.24, 2.45) is 11.8 Å². The first kappa shape index (κ1) is 12.2. The number of aromatic nitrogens is 1. The molecule has 1 saturated carbocycles. The van der Waals surface area contributed by atoms with Gasteiger partial charge in [0.05, 0.1) is 13.0 Å². The Balaban J connectivity index is 2.20. The molecule has 6 heteroatoms. The monoisotopic (exact) mass is 301 g/mol. The Labute approximate surface area is 106 Å². The summed E-state index contributed by atoms with van der Waals surface area (Å²) >= 11 is 3.29. The van der Waals surface area contributed by atoms with E-state index in [0.717, 1.165) is 4.47 Å². The van der Waals surface area contributed by atoms with E-state index in [-0.39, 0.29) is 23.1 Å². The molecular weight excluding hydrogens is 290 g/mol. The molecule has 0 radical (unpaired) electrons. The number of pyridine rings is 1. The molecule has 1 heterocycles. The molecule has 0 aliphatic heterocycles. The summed E-state index contributed by atoms with van der Waals surface area (Å²) in [7, 11) is 1.44. The van der Waals surface area contributed by atoms with Gasteiger partial charge in [-0.3, -0.25) is 9.59 Å². The molecule has 1 aromatic heterocycles. The zero-order valence-corrected chi connectivity index (χ0v) is 10.8. The zero-order chi connectivity index (χ0) is 12.6. The Bertz CT molecular complexity index is 511. The van der Waals surface area contributed by atoms with E-state index in [1.165, 1.54) is 11.7 Å². The van der Waals surface area contributed by atoms with Crippen molar-refractivity contribution >= 4 is 21.9 Å². The van der Waals surface area contributed by atoms with Crippen LogP contribution in [-0.2, 0) is 11.3 Å². The summed E-state index contributed by atoms with van der Waals surface area (Å²) in [6.07, 6.45) is 2.29. The molecule has 2 rings (SSSR count). The van der Waals surface area contributed by atoms with Gasteiger partial charge in [-0.2, -0.15) is 0 Å². The fourth-order valence-corrected chi connectivity index (χ4v) is 2.31. The van der Waals surface area contributed by atoms with E-state index in [4.69, 9.17) is 9.84 Å². The third-order valence-corrected chi connectivity index (χ3v) is 3.34. The van der Waals surface area contributed by atoms with Crippen LogP contribution in [0.3, 0.4) is 0 Å². The Morgan fingerprint density at radius 3 is 2.94 bits per heavy atom. The molecule has 17 heavy (non-hydrogen) atoms. The van der Waals surface area contributed by atoms with Crippen molar-refractivity contribution in [1.29, 1.82) is 0 Å². The maximum atomic E-state index is 11.9. The Hall–Kier alpha value is -1.30. The largest absolute Gasteiger partial charge is 0.491 e. The molecular formula is C11H12BrNO4. The molecule has 0 saturated heterocycles. The molecule has 0 unspecified atom stereocenters. The first-order valence-electron chi connectivity index (χ1n) is 5.19. The highest BCUT2D eigenvalue weighted by Crippen LogP contribution is 2.39.